The number of carbonyl (C=O) groups is 1. The lowest BCUT2D eigenvalue weighted by atomic mass is 9.85. The summed E-state index contributed by atoms with van der Waals surface area (Å²) < 4.78 is 6.31. The highest BCUT2D eigenvalue weighted by molar-refractivity contribution is 5.87. The van der Waals surface area contributed by atoms with Crippen LogP contribution in [-0.4, -0.2) is 87.2 Å². The molecule has 1 aromatic carbocycles. The van der Waals surface area contributed by atoms with Crippen LogP contribution in [0.5, 0.6) is 6.01 Å². The van der Waals surface area contributed by atoms with Crippen LogP contribution in [0.15, 0.2) is 31.0 Å². The molecule has 9 heteroatoms. The summed E-state index contributed by atoms with van der Waals surface area (Å²) in [5.41, 5.74) is 7.04. The summed E-state index contributed by atoms with van der Waals surface area (Å²) in [5.74, 6) is 0.283. The van der Waals surface area contributed by atoms with Gasteiger partial charge in [-0.2, -0.15) is 15.1 Å². The monoisotopic (exact) mass is 529 g/mol. The van der Waals surface area contributed by atoms with Gasteiger partial charge in [0.2, 0.25) is 5.91 Å². The minimum Gasteiger partial charge on any atom is -0.462 e. The Bertz CT molecular complexity index is 1380. The van der Waals surface area contributed by atoms with Crippen LogP contribution in [0.2, 0.25) is 0 Å². The predicted octanol–water partition coefficient (Wildman–Crippen LogP) is 3.76. The Labute approximate surface area is 230 Å². The summed E-state index contributed by atoms with van der Waals surface area (Å²) in [7, 11) is 4.36. The molecule has 39 heavy (non-hydrogen) atoms. The average molecular weight is 530 g/mol. The van der Waals surface area contributed by atoms with Crippen molar-refractivity contribution in [3.05, 3.63) is 59.1 Å². The van der Waals surface area contributed by atoms with Crippen LogP contribution in [0.3, 0.4) is 0 Å². The number of aromatic nitrogens is 4. The molecular weight excluding hydrogens is 490 g/mol. The second-order valence-corrected chi connectivity index (χ2v) is 11.5. The zero-order chi connectivity index (χ0) is 27.1. The molecule has 0 aliphatic carbocycles. The quantitative estimate of drug-likeness (QED) is 0.487. The SMILES string of the molecule is C=CC(=O)N1CCC(c2nc(OCC3CCCN3C)nc3c2CN(C)C(c2c(C)ccc4[nH]ncc24)C3)CC1. The third-order valence-corrected chi connectivity index (χ3v) is 9.09. The first-order valence-corrected chi connectivity index (χ1v) is 14.2. The number of aryl methyl sites for hydroxylation is 1. The second-order valence-electron chi connectivity index (χ2n) is 11.5. The number of ether oxygens (including phenoxy) is 1. The highest BCUT2D eigenvalue weighted by Gasteiger charge is 2.34. The number of piperidine rings is 1. The van der Waals surface area contributed by atoms with Crippen LogP contribution in [0.25, 0.3) is 10.9 Å². The highest BCUT2D eigenvalue weighted by Crippen LogP contribution is 2.40. The number of nitrogens with one attached hydrogen (secondary N) is 1. The third kappa shape index (κ3) is 4.94. The van der Waals surface area contributed by atoms with E-state index in [4.69, 9.17) is 14.7 Å². The Morgan fingerprint density at radius 3 is 2.72 bits per heavy atom. The number of hydrogen-bond donors (Lipinski definition) is 1. The third-order valence-electron chi connectivity index (χ3n) is 9.09. The highest BCUT2D eigenvalue weighted by atomic mass is 16.5. The molecule has 2 atom stereocenters. The maximum Gasteiger partial charge on any atom is 0.316 e. The molecule has 0 radical (unpaired) electrons. The van der Waals surface area contributed by atoms with Crippen molar-refractivity contribution >= 4 is 16.8 Å². The maximum atomic E-state index is 12.2. The van der Waals surface area contributed by atoms with Crippen molar-refractivity contribution in [3.63, 3.8) is 0 Å². The lowest BCUT2D eigenvalue weighted by Crippen LogP contribution is -2.38. The fourth-order valence-electron chi connectivity index (χ4n) is 6.74. The molecule has 1 amide bonds. The Morgan fingerprint density at radius 1 is 1.15 bits per heavy atom. The van der Waals surface area contributed by atoms with E-state index in [0.29, 0.717) is 18.7 Å². The lowest BCUT2D eigenvalue weighted by molar-refractivity contribution is -0.127. The van der Waals surface area contributed by atoms with Crippen LogP contribution in [0.1, 0.15) is 65.7 Å². The molecule has 2 fully saturated rings. The standard InChI is InChI=1S/C30H39N7O2/c1-5-27(38)37-13-10-20(11-14-37)29-23-17-36(4)26(28-19(2)8-9-24-22(28)16-31-34-24)15-25(23)32-30(33-29)39-18-21-7-6-12-35(21)3/h5,8-9,16,20-21,26H,1,6-7,10-15,17-18H2,2-4H3,(H,31,34). The van der Waals surface area contributed by atoms with E-state index >= 15 is 0 Å². The fourth-order valence-corrected chi connectivity index (χ4v) is 6.74. The van der Waals surface area contributed by atoms with Crippen molar-refractivity contribution in [2.75, 3.05) is 40.3 Å². The normalized spacial score (nSPS) is 22.8. The van der Waals surface area contributed by atoms with Crippen molar-refractivity contribution < 1.29 is 9.53 Å². The molecule has 9 nitrogen and oxygen atoms in total. The van der Waals surface area contributed by atoms with Crippen molar-refractivity contribution in [1.29, 1.82) is 0 Å². The number of likely N-dealkylation sites (N-methyl/N-ethyl adjacent to an activating group) is 2. The first-order chi connectivity index (χ1) is 18.9. The van der Waals surface area contributed by atoms with Gasteiger partial charge < -0.3 is 14.5 Å². The van der Waals surface area contributed by atoms with Gasteiger partial charge in [0.05, 0.1) is 23.1 Å². The first kappa shape index (κ1) is 26.0. The number of H-pyrrole nitrogens is 1. The molecule has 3 aromatic rings. The molecule has 0 bridgehead atoms. The van der Waals surface area contributed by atoms with Crippen LogP contribution in [0, 0.1) is 6.92 Å². The van der Waals surface area contributed by atoms with Gasteiger partial charge in [-0.15, -0.1) is 0 Å². The van der Waals surface area contributed by atoms with Gasteiger partial charge >= 0.3 is 6.01 Å². The van der Waals surface area contributed by atoms with Crippen LogP contribution in [0.4, 0.5) is 0 Å². The number of aromatic amines is 1. The van der Waals surface area contributed by atoms with Crippen molar-refractivity contribution in [1.82, 2.24) is 34.9 Å². The number of amides is 1. The lowest BCUT2D eigenvalue weighted by Gasteiger charge is -2.38. The largest absolute Gasteiger partial charge is 0.462 e. The van der Waals surface area contributed by atoms with Gasteiger partial charge in [0.1, 0.15) is 6.61 Å². The molecule has 206 valence electrons. The van der Waals surface area contributed by atoms with Gasteiger partial charge in [-0.25, -0.2) is 0 Å². The molecule has 2 saturated heterocycles. The van der Waals surface area contributed by atoms with E-state index in [0.717, 1.165) is 68.8 Å². The number of carbonyl (C=O) groups excluding carboxylic acids is 1. The summed E-state index contributed by atoms with van der Waals surface area (Å²) in [6.45, 7) is 9.78. The maximum absolute atomic E-state index is 12.2. The van der Waals surface area contributed by atoms with Crippen LogP contribution < -0.4 is 4.74 Å². The summed E-state index contributed by atoms with van der Waals surface area (Å²) in [4.78, 5) is 29.0. The summed E-state index contributed by atoms with van der Waals surface area (Å²) >= 11 is 0. The van der Waals surface area contributed by atoms with E-state index in [2.05, 4.69) is 59.7 Å². The van der Waals surface area contributed by atoms with E-state index in [9.17, 15) is 4.79 Å². The fraction of sp³-hybridized carbons (Fsp3) is 0.533. The van der Waals surface area contributed by atoms with E-state index in [1.54, 1.807) is 0 Å². The van der Waals surface area contributed by atoms with Crippen molar-refractivity contribution in [3.8, 4) is 6.01 Å². The van der Waals surface area contributed by atoms with Gasteiger partial charge in [0, 0.05) is 55.0 Å². The second kappa shape index (κ2) is 10.7. The number of nitrogens with zero attached hydrogens (tertiary/aromatic N) is 6. The summed E-state index contributed by atoms with van der Waals surface area (Å²) in [5, 5.41) is 8.62. The van der Waals surface area contributed by atoms with E-state index in [1.807, 2.05) is 11.1 Å². The zero-order valence-electron chi connectivity index (χ0n) is 23.3. The number of rotatable bonds is 6. The smallest absolute Gasteiger partial charge is 0.316 e. The molecule has 0 spiro atoms. The van der Waals surface area contributed by atoms with Gasteiger partial charge in [-0.1, -0.05) is 12.6 Å². The van der Waals surface area contributed by atoms with E-state index in [-0.39, 0.29) is 17.9 Å². The topological polar surface area (TPSA) is 90.5 Å². The molecule has 3 aliphatic rings. The van der Waals surface area contributed by atoms with Crippen molar-refractivity contribution in [2.45, 2.75) is 63.6 Å². The van der Waals surface area contributed by atoms with Crippen molar-refractivity contribution in [2.24, 2.45) is 0 Å². The van der Waals surface area contributed by atoms with Crippen LogP contribution >= 0.6 is 0 Å². The molecule has 2 aromatic heterocycles. The number of fused-ring (bicyclic) bond motifs is 2. The average Bonchev–Trinajstić information content (AvgIpc) is 3.59. The number of benzene rings is 1. The van der Waals surface area contributed by atoms with Crippen LogP contribution in [-0.2, 0) is 17.8 Å². The van der Waals surface area contributed by atoms with Gasteiger partial charge in [0.25, 0.3) is 0 Å². The Hall–Kier alpha value is -3.30. The minimum atomic E-state index is 0.00856. The summed E-state index contributed by atoms with van der Waals surface area (Å²) in [6.07, 6.45) is 8.26. The molecule has 2 unspecified atom stereocenters. The van der Waals surface area contributed by atoms with E-state index < -0.39 is 0 Å². The van der Waals surface area contributed by atoms with Gasteiger partial charge in [-0.3, -0.25) is 14.8 Å². The minimum absolute atomic E-state index is 0.00856. The predicted molar refractivity (Wildman–Crippen MR) is 151 cm³/mol. The Morgan fingerprint density at radius 2 is 1.97 bits per heavy atom. The molecular formula is C30H39N7O2. The zero-order valence-corrected chi connectivity index (χ0v) is 23.3. The number of hydrogen-bond acceptors (Lipinski definition) is 7. The van der Waals surface area contributed by atoms with Gasteiger partial charge in [-0.05, 0) is 76.5 Å². The molecule has 5 heterocycles. The first-order valence-electron chi connectivity index (χ1n) is 14.2. The Balaban J connectivity index is 1.34. The molecule has 3 aliphatic heterocycles. The summed E-state index contributed by atoms with van der Waals surface area (Å²) in [6, 6.07) is 5.36. The number of likely N-dealkylation sites (tertiary alicyclic amines) is 2. The molecule has 1 N–H and O–H groups in total. The van der Waals surface area contributed by atoms with Gasteiger partial charge in [0.15, 0.2) is 0 Å². The Kier molecular flexibility index (Phi) is 7.12. The van der Waals surface area contributed by atoms with E-state index in [1.165, 1.54) is 34.6 Å². The molecule has 6 rings (SSSR count). The molecule has 0 saturated carbocycles.